The van der Waals surface area contributed by atoms with Crippen molar-refractivity contribution >= 4 is 0 Å². The fraction of sp³-hybridized carbons (Fsp3) is 1.00. The van der Waals surface area contributed by atoms with Crippen molar-refractivity contribution in [3.05, 3.63) is 0 Å². The summed E-state index contributed by atoms with van der Waals surface area (Å²) in [5, 5.41) is 3.37. The smallest absolute Gasteiger partial charge is 0.378 e. The minimum Gasteiger partial charge on any atom is -0.378 e. The summed E-state index contributed by atoms with van der Waals surface area (Å²) >= 11 is 0. The fourth-order valence-corrected chi connectivity index (χ4v) is 1.97. The van der Waals surface area contributed by atoms with Gasteiger partial charge in [-0.25, -0.2) is 0 Å². The molecule has 0 aromatic rings. The molecule has 1 saturated carbocycles. The van der Waals surface area contributed by atoms with E-state index in [9.17, 15) is 13.2 Å². The summed E-state index contributed by atoms with van der Waals surface area (Å²) in [4.78, 5) is 0. The van der Waals surface area contributed by atoms with E-state index in [0.717, 1.165) is 32.2 Å². The lowest BCUT2D eigenvalue weighted by Crippen LogP contribution is -2.28. The predicted octanol–water partition coefficient (Wildman–Crippen LogP) is 2.88. The summed E-state index contributed by atoms with van der Waals surface area (Å²) in [6, 6.07) is 0.427. The Labute approximate surface area is 94.5 Å². The maximum absolute atomic E-state index is 11.9. The monoisotopic (exact) mass is 239 g/mol. The lowest BCUT2D eigenvalue weighted by atomic mass is 10.2. The highest BCUT2D eigenvalue weighted by molar-refractivity contribution is 4.81. The zero-order chi connectivity index (χ0) is 12.0. The molecule has 0 saturated heterocycles. The van der Waals surface area contributed by atoms with E-state index in [1.165, 1.54) is 0 Å². The van der Waals surface area contributed by atoms with E-state index < -0.39 is 12.6 Å². The third-order valence-electron chi connectivity index (χ3n) is 2.81. The molecule has 2 unspecified atom stereocenters. The van der Waals surface area contributed by atoms with Crippen LogP contribution in [0.15, 0.2) is 0 Å². The summed E-state index contributed by atoms with van der Waals surface area (Å²) in [7, 11) is 0. The summed E-state index contributed by atoms with van der Waals surface area (Å²) in [6.07, 6.45) is -1.12. The van der Waals surface area contributed by atoms with Crippen LogP contribution in [0.5, 0.6) is 0 Å². The summed E-state index contributed by atoms with van der Waals surface area (Å²) in [6.45, 7) is 2.87. The highest BCUT2D eigenvalue weighted by Crippen LogP contribution is 2.24. The van der Waals surface area contributed by atoms with Crippen LogP contribution in [-0.4, -0.2) is 31.5 Å². The Morgan fingerprint density at radius 1 is 1.31 bits per heavy atom. The van der Waals surface area contributed by atoms with Gasteiger partial charge >= 0.3 is 6.18 Å². The second-order valence-corrected chi connectivity index (χ2v) is 4.32. The van der Waals surface area contributed by atoms with Crippen LogP contribution in [0, 0.1) is 0 Å². The molecule has 2 atom stereocenters. The quantitative estimate of drug-likeness (QED) is 0.769. The molecule has 0 aromatic heterocycles. The Kier molecular flexibility index (Phi) is 5.55. The topological polar surface area (TPSA) is 21.3 Å². The number of rotatable bonds is 6. The zero-order valence-corrected chi connectivity index (χ0v) is 9.65. The molecule has 1 aliphatic rings. The number of hydrogen-bond acceptors (Lipinski definition) is 2. The van der Waals surface area contributed by atoms with Crippen LogP contribution >= 0.6 is 0 Å². The number of ether oxygens (including phenoxy) is 1. The largest absolute Gasteiger partial charge is 0.391 e. The van der Waals surface area contributed by atoms with Gasteiger partial charge in [0.05, 0.1) is 19.1 Å². The van der Waals surface area contributed by atoms with E-state index in [1.54, 1.807) is 0 Å². The molecular weight excluding hydrogens is 219 g/mol. The molecule has 1 rings (SSSR count). The Hall–Kier alpha value is -0.290. The molecular formula is C11H20F3NO. The van der Waals surface area contributed by atoms with Crippen molar-refractivity contribution in [2.24, 2.45) is 0 Å². The van der Waals surface area contributed by atoms with E-state index in [0.29, 0.717) is 6.04 Å². The lowest BCUT2D eigenvalue weighted by Gasteiger charge is -2.14. The SMILES string of the molecule is CCCNC1CCC(OCCC(F)(F)F)C1. The van der Waals surface area contributed by atoms with Gasteiger partial charge in [0.25, 0.3) is 0 Å². The van der Waals surface area contributed by atoms with Crippen LogP contribution in [0.4, 0.5) is 13.2 Å². The first-order valence-electron chi connectivity index (χ1n) is 5.93. The second-order valence-electron chi connectivity index (χ2n) is 4.32. The summed E-state index contributed by atoms with van der Waals surface area (Å²) in [5.74, 6) is 0. The van der Waals surface area contributed by atoms with Crippen molar-refractivity contribution in [3.63, 3.8) is 0 Å². The van der Waals surface area contributed by atoms with E-state index in [4.69, 9.17) is 4.74 Å². The van der Waals surface area contributed by atoms with E-state index in [1.807, 2.05) is 0 Å². The Balaban J connectivity index is 2.07. The third kappa shape index (κ3) is 5.70. The molecule has 0 radical (unpaired) electrons. The van der Waals surface area contributed by atoms with Gasteiger partial charge in [-0.2, -0.15) is 13.2 Å². The summed E-state index contributed by atoms with van der Waals surface area (Å²) in [5.41, 5.74) is 0. The minimum atomic E-state index is -4.10. The van der Waals surface area contributed by atoms with Gasteiger partial charge in [0.2, 0.25) is 0 Å². The van der Waals surface area contributed by atoms with Crippen LogP contribution in [0.3, 0.4) is 0 Å². The molecule has 0 bridgehead atoms. The Morgan fingerprint density at radius 2 is 2.06 bits per heavy atom. The number of hydrogen-bond donors (Lipinski definition) is 1. The average Bonchev–Trinajstić information content (AvgIpc) is 2.61. The zero-order valence-electron chi connectivity index (χ0n) is 9.65. The molecule has 0 heterocycles. The first-order chi connectivity index (χ1) is 7.51. The lowest BCUT2D eigenvalue weighted by molar-refractivity contribution is -0.148. The standard InChI is InChI=1S/C11H20F3NO/c1-2-6-15-9-3-4-10(8-9)16-7-5-11(12,13)14/h9-10,15H,2-8H2,1H3. The molecule has 1 N–H and O–H groups in total. The van der Waals surface area contributed by atoms with Crippen molar-refractivity contribution in [3.8, 4) is 0 Å². The van der Waals surface area contributed by atoms with Gasteiger partial charge in [0.1, 0.15) is 0 Å². The van der Waals surface area contributed by atoms with Crippen molar-refractivity contribution in [2.75, 3.05) is 13.2 Å². The first kappa shape index (κ1) is 13.8. The maximum Gasteiger partial charge on any atom is 0.391 e. The van der Waals surface area contributed by atoms with E-state index in [2.05, 4.69) is 12.2 Å². The van der Waals surface area contributed by atoms with Crippen molar-refractivity contribution in [1.29, 1.82) is 0 Å². The van der Waals surface area contributed by atoms with Crippen LogP contribution in [-0.2, 0) is 4.74 Å². The van der Waals surface area contributed by atoms with Gasteiger partial charge in [-0.1, -0.05) is 6.92 Å². The first-order valence-corrected chi connectivity index (χ1v) is 5.93. The molecule has 1 fully saturated rings. The van der Waals surface area contributed by atoms with Crippen LogP contribution < -0.4 is 5.32 Å². The normalized spacial score (nSPS) is 26.2. The molecule has 0 spiro atoms. The summed E-state index contributed by atoms with van der Waals surface area (Å²) < 4.78 is 40.9. The highest BCUT2D eigenvalue weighted by atomic mass is 19.4. The molecule has 16 heavy (non-hydrogen) atoms. The molecule has 0 amide bonds. The van der Waals surface area contributed by atoms with E-state index in [-0.39, 0.29) is 12.7 Å². The fourth-order valence-electron chi connectivity index (χ4n) is 1.97. The Bertz CT molecular complexity index is 196. The number of nitrogens with one attached hydrogen (secondary N) is 1. The predicted molar refractivity (Wildman–Crippen MR) is 56.3 cm³/mol. The van der Waals surface area contributed by atoms with Gasteiger partial charge in [-0.3, -0.25) is 0 Å². The molecule has 0 aromatic carbocycles. The minimum absolute atomic E-state index is 0.0108. The second kappa shape index (κ2) is 6.45. The van der Waals surface area contributed by atoms with Gasteiger partial charge in [-0.05, 0) is 32.2 Å². The van der Waals surface area contributed by atoms with Crippen LogP contribution in [0.2, 0.25) is 0 Å². The maximum atomic E-state index is 11.9. The molecule has 5 heteroatoms. The van der Waals surface area contributed by atoms with Gasteiger partial charge in [0, 0.05) is 6.04 Å². The van der Waals surface area contributed by atoms with Crippen molar-refractivity contribution < 1.29 is 17.9 Å². The number of alkyl halides is 3. The van der Waals surface area contributed by atoms with Crippen molar-refractivity contribution in [2.45, 2.75) is 57.3 Å². The van der Waals surface area contributed by atoms with Crippen molar-refractivity contribution in [1.82, 2.24) is 5.32 Å². The van der Waals surface area contributed by atoms with E-state index >= 15 is 0 Å². The van der Waals surface area contributed by atoms with Gasteiger partial charge < -0.3 is 10.1 Å². The molecule has 0 aliphatic heterocycles. The molecule has 96 valence electrons. The van der Waals surface area contributed by atoms with Crippen LogP contribution in [0.25, 0.3) is 0 Å². The number of halogens is 3. The average molecular weight is 239 g/mol. The van der Waals surface area contributed by atoms with Gasteiger partial charge in [0.15, 0.2) is 0 Å². The molecule has 1 aliphatic carbocycles. The van der Waals surface area contributed by atoms with Gasteiger partial charge in [-0.15, -0.1) is 0 Å². The van der Waals surface area contributed by atoms with Crippen LogP contribution in [0.1, 0.15) is 39.0 Å². The third-order valence-corrected chi connectivity index (χ3v) is 2.81. The Morgan fingerprint density at radius 3 is 2.69 bits per heavy atom. The highest BCUT2D eigenvalue weighted by Gasteiger charge is 2.29. The molecule has 2 nitrogen and oxygen atoms in total.